The number of nitrogens with zero attached hydrogens (tertiary/aromatic N) is 1. The van der Waals surface area contributed by atoms with E-state index in [1.165, 1.54) is 4.31 Å². The average molecular weight is 494 g/mol. The van der Waals surface area contributed by atoms with Crippen LogP contribution in [0.5, 0.6) is 5.75 Å². The highest BCUT2D eigenvalue weighted by molar-refractivity contribution is 7.92. The molecule has 36 heavy (non-hydrogen) atoms. The molecule has 0 saturated heterocycles. The van der Waals surface area contributed by atoms with E-state index in [4.69, 9.17) is 4.74 Å². The summed E-state index contributed by atoms with van der Waals surface area (Å²) < 4.78 is 34.3. The van der Waals surface area contributed by atoms with E-state index in [-0.39, 0.29) is 4.90 Å². The molecule has 0 N–H and O–H groups in total. The van der Waals surface area contributed by atoms with Crippen LogP contribution in [0.4, 0.5) is 5.69 Å². The van der Waals surface area contributed by atoms with E-state index in [9.17, 15) is 8.42 Å². The Morgan fingerprint density at radius 2 is 1.44 bits per heavy atom. The maximum atomic E-state index is 13.7. The van der Waals surface area contributed by atoms with Gasteiger partial charge in [-0.15, -0.1) is 5.73 Å². The third-order valence-corrected chi connectivity index (χ3v) is 8.20. The van der Waals surface area contributed by atoms with Crippen LogP contribution in [0.3, 0.4) is 0 Å². The minimum atomic E-state index is -3.74. The summed E-state index contributed by atoms with van der Waals surface area (Å²) in [6.45, 7) is 2.26. The highest BCUT2D eigenvalue weighted by Gasteiger charge is 2.31. The van der Waals surface area contributed by atoms with Crippen molar-refractivity contribution in [3.05, 3.63) is 131 Å². The van der Waals surface area contributed by atoms with Crippen LogP contribution in [0.2, 0.25) is 0 Å². The van der Waals surface area contributed by atoms with Crippen LogP contribution in [0.15, 0.2) is 114 Å². The van der Waals surface area contributed by atoms with Crippen molar-refractivity contribution in [2.24, 2.45) is 0 Å². The van der Waals surface area contributed by atoms with Crippen molar-refractivity contribution in [2.75, 3.05) is 18.0 Å². The minimum Gasteiger partial charge on any atom is -0.497 e. The van der Waals surface area contributed by atoms with Crippen molar-refractivity contribution < 1.29 is 13.2 Å². The number of methoxy groups -OCH3 is 1. The zero-order chi connectivity index (χ0) is 25.1. The topological polar surface area (TPSA) is 46.6 Å². The maximum absolute atomic E-state index is 13.7. The summed E-state index contributed by atoms with van der Waals surface area (Å²) in [6.07, 6.45) is 0.535. The molecule has 180 valence electrons. The van der Waals surface area contributed by atoms with Gasteiger partial charge in [0.15, 0.2) is 0 Å². The molecule has 0 bridgehead atoms. The average Bonchev–Trinajstić information content (AvgIpc) is 2.92. The number of hydrogen-bond acceptors (Lipinski definition) is 3. The van der Waals surface area contributed by atoms with Gasteiger partial charge < -0.3 is 4.74 Å². The molecule has 0 amide bonds. The molecule has 4 aromatic rings. The van der Waals surface area contributed by atoms with Crippen molar-refractivity contribution in [1.29, 1.82) is 0 Å². The Morgan fingerprint density at radius 1 is 0.833 bits per heavy atom. The predicted molar refractivity (Wildman–Crippen MR) is 146 cm³/mol. The zero-order valence-electron chi connectivity index (χ0n) is 20.3. The number of benzene rings is 4. The summed E-state index contributed by atoms with van der Waals surface area (Å²) in [4.78, 5) is 0.277. The Bertz CT molecular complexity index is 1510. The van der Waals surface area contributed by atoms with E-state index >= 15 is 0 Å². The van der Waals surface area contributed by atoms with Gasteiger partial charge in [0.2, 0.25) is 0 Å². The highest BCUT2D eigenvalue weighted by atomic mass is 32.2. The van der Waals surface area contributed by atoms with Gasteiger partial charge in [0, 0.05) is 29.3 Å². The van der Waals surface area contributed by atoms with Gasteiger partial charge in [-0.25, -0.2) is 8.42 Å². The number of aryl methyl sites for hydroxylation is 1. The normalized spacial score (nSPS) is 13.1. The number of sulfonamides is 1. The van der Waals surface area contributed by atoms with Gasteiger partial charge in [0.05, 0.1) is 17.7 Å². The van der Waals surface area contributed by atoms with E-state index in [2.05, 4.69) is 30.0 Å². The Kier molecular flexibility index (Phi) is 6.51. The van der Waals surface area contributed by atoms with Crippen LogP contribution in [0.1, 0.15) is 28.7 Å². The Labute approximate surface area is 212 Å². The van der Waals surface area contributed by atoms with Gasteiger partial charge in [-0.1, -0.05) is 78.4 Å². The lowest BCUT2D eigenvalue weighted by molar-refractivity contribution is 0.415. The molecule has 0 atom stereocenters. The second-order valence-corrected chi connectivity index (χ2v) is 10.6. The molecule has 4 aromatic carbocycles. The van der Waals surface area contributed by atoms with Crippen LogP contribution < -0.4 is 9.04 Å². The molecule has 0 radical (unpaired) electrons. The van der Waals surface area contributed by atoms with Gasteiger partial charge in [0.25, 0.3) is 10.0 Å². The zero-order valence-corrected chi connectivity index (χ0v) is 21.1. The third-order valence-electron chi connectivity index (χ3n) is 6.37. The monoisotopic (exact) mass is 493 g/mol. The Balaban J connectivity index is 1.71. The van der Waals surface area contributed by atoms with E-state index in [0.717, 1.165) is 33.4 Å². The number of fused-ring (bicyclic) bond motifs is 1. The first kappa shape index (κ1) is 23.7. The standard InChI is InChI=1S/C31H27NO3S/c1-23-13-16-28(17-14-23)36(33,34)32-20-19-26(29-18-15-27(35-2)22-31(29)32)21-30(24-9-5-3-6-10-24)25-11-7-4-8-12-25/h3-18,22H,19-20H2,1-2H3. The molecular formula is C31H27NO3S. The van der Waals surface area contributed by atoms with Crippen molar-refractivity contribution in [3.8, 4) is 5.75 Å². The first-order chi connectivity index (χ1) is 17.5. The van der Waals surface area contributed by atoms with Gasteiger partial charge >= 0.3 is 0 Å². The minimum absolute atomic E-state index is 0.277. The highest BCUT2D eigenvalue weighted by Crippen LogP contribution is 2.40. The molecule has 0 unspecified atom stereocenters. The fourth-order valence-corrected chi connectivity index (χ4v) is 5.93. The molecule has 0 aromatic heterocycles. The smallest absolute Gasteiger partial charge is 0.264 e. The van der Waals surface area contributed by atoms with Gasteiger partial charge in [-0.3, -0.25) is 4.31 Å². The number of ether oxygens (including phenoxy) is 1. The number of rotatable bonds is 5. The van der Waals surface area contributed by atoms with E-state index < -0.39 is 10.0 Å². The molecule has 0 fully saturated rings. The van der Waals surface area contributed by atoms with E-state index in [1.807, 2.05) is 67.6 Å². The van der Waals surface area contributed by atoms with Gasteiger partial charge in [0.1, 0.15) is 5.75 Å². The maximum Gasteiger partial charge on any atom is 0.264 e. The third kappa shape index (κ3) is 4.59. The largest absolute Gasteiger partial charge is 0.497 e. The fourth-order valence-electron chi connectivity index (χ4n) is 4.46. The lowest BCUT2D eigenvalue weighted by atomic mass is 9.93. The van der Waals surface area contributed by atoms with Crippen molar-refractivity contribution in [1.82, 2.24) is 0 Å². The SMILES string of the molecule is COc1ccc2c(c1)N(S(=O)(=O)c1ccc(C)cc1)CCC2=C=C(c1ccccc1)c1ccccc1. The lowest BCUT2D eigenvalue weighted by Crippen LogP contribution is -2.35. The van der Waals surface area contributed by atoms with Crippen molar-refractivity contribution in [3.63, 3.8) is 0 Å². The number of anilines is 1. The second kappa shape index (κ2) is 9.90. The molecule has 0 spiro atoms. The summed E-state index contributed by atoms with van der Waals surface area (Å²) in [7, 11) is -2.16. The number of hydrogen-bond donors (Lipinski definition) is 0. The van der Waals surface area contributed by atoms with Crippen LogP contribution in [-0.2, 0) is 10.0 Å². The summed E-state index contributed by atoms with van der Waals surface area (Å²) in [6, 6.07) is 32.9. The molecule has 0 aliphatic carbocycles. The molecular weight excluding hydrogens is 466 g/mol. The van der Waals surface area contributed by atoms with Crippen LogP contribution >= 0.6 is 0 Å². The molecule has 5 rings (SSSR count). The van der Waals surface area contributed by atoms with Gasteiger partial charge in [-0.05, 0) is 48.7 Å². The predicted octanol–water partition coefficient (Wildman–Crippen LogP) is 6.72. The first-order valence-corrected chi connectivity index (χ1v) is 13.3. The van der Waals surface area contributed by atoms with Crippen LogP contribution in [0, 0.1) is 6.92 Å². The van der Waals surface area contributed by atoms with Crippen molar-refractivity contribution >= 4 is 26.9 Å². The molecule has 5 heteroatoms. The molecule has 0 saturated carbocycles. The van der Waals surface area contributed by atoms with Crippen LogP contribution in [-0.4, -0.2) is 22.1 Å². The fraction of sp³-hybridized carbons (Fsp3) is 0.129. The Morgan fingerprint density at radius 3 is 2.03 bits per heavy atom. The molecule has 4 nitrogen and oxygen atoms in total. The quantitative estimate of drug-likeness (QED) is 0.290. The lowest BCUT2D eigenvalue weighted by Gasteiger charge is -2.31. The molecule has 1 aliphatic rings. The summed E-state index contributed by atoms with van der Waals surface area (Å²) in [5.74, 6) is 0.606. The summed E-state index contributed by atoms with van der Waals surface area (Å²) >= 11 is 0. The van der Waals surface area contributed by atoms with Gasteiger partial charge in [-0.2, -0.15) is 0 Å². The van der Waals surface area contributed by atoms with E-state index in [1.54, 1.807) is 25.3 Å². The second-order valence-electron chi connectivity index (χ2n) is 8.73. The van der Waals surface area contributed by atoms with Crippen molar-refractivity contribution in [2.45, 2.75) is 18.2 Å². The summed E-state index contributed by atoms with van der Waals surface area (Å²) in [5.41, 5.74) is 10.2. The molecule has 1 heterocycles. The summed E-state index contributed by atoms with van der Waals surface area (Å²) in [5, 5.41) is 0. The van der Waals surface area contributed by atoms with Crippen LogP contribution in [0.25, 0.3) is 11.1 Å². The Hall–Kier alpha value is -4.05. The van der Waals surface area contributed by atoms with E-state index in [0.29, 0.717) is 24.4 Å². The first-order valence-electron chi connectivity index (χ1n) is 11.9. The molecule has 1 aliphatic heterocycles.